The van der Waals surface area contributed by atoms with Gasteiger partial charge >= 0.3 is 0 Å². The molecule has 1 amide bonds. The maximum Gasteiger partial charge on any atom is 0.219 e. The van der Waals surface area contributed by atoms with Gasteiger partial charge in [-0.15, -0.1) is 0 Å². The Labute approximate surface area is 124 Å². The normalized spacial score (nSPS) is 26.1. The fourth-order valence-electron chi connectivity index (χ4n) is 3.70. The van der Waals surface area contributed by atoms with E-state index in [1.54, 1.807) is 6.92 Å². The highest BCUT2D eigenvalue weighted by molar-refractivity contribution is 5.76. The van der Waals surface area contributed by atoms with Crippen molar-refractivity contribution in [1.29, 1.82) is 0 Å². The summed E-state index contributed by atoms with van der Waals surface area (Å²) >= 11 is 0. The molecule has 2 aliphatic heterocycles. The van der Waals surface area contributed by atoms with Crippen LogP contribution in [0.4, 0.5) is 5.69 Å². The summed E-state index contributed by atoms with van der Waals surface area (Å²) in [5, 5.41) is 3.67. The van der Waals surface area contributed by atoms with Gasteiger partial charge in [-0.3, -0.25) is 4.79 Å². The van der Waals surface area contributed by atoms with Crippen LogP contribution in [0.3, 0.4) is 0 Å². The molecule has 2 aromatic rings. The van der Waals surface area contributed by atoms with Gasteiger partial charge in [-0.1, -0.05) is 48.5 Å². The lowest BCUT2D eigenvalue weighted by atomic mass is 9.73. The number of carbonyl (C=O) groups is 1. The van der Waals surface area contributed by atoms with Gasteiger partial charge in [-0.25, -0.2) is 0 Å². The fraction of sp³-hybridized carbons (Fsp3) is 0.278. The number of para-hydroxylation sites is 1. The van der Waals surface area contributed by atoms with Gasteiger partial charge < -0.3 is 10.2 Å². The number of fused-ring (bicyclic) bond motifs is 3. The summed E-state index contributed by atoms with van der Waals surface area (Å²) in [5.41, 5.74) is 3.69. The summed E-state index contributed by atoms with van der Waals surface area (Å²) in [5.74, 6) is 0.617. The van der Waals surface area contributed by atoms with E-state index in [1.807, 2.05) is 17.0 Å². The second-order valence-corrected chi connectivity index (χ2v) is 5.90. The molecule has 0 saturated carbocycles. The molecular formula is C18H18N2O. The topological polar surface area (TPSA) is 32.3 Å². The summed E-state index contributed by atoms with van der Waals surface area (Å²) in [7, 11) is 0. The van der Waals surface area contributed by atoms with Crippen molar-refractivity contribution in [3.63, 3.8) is 0 Å². The van der Waals surface area contributed by atoms with Crippen LogP contribution in [0, 0.1) is 5.92 Å². The number of nitrogens with zero attached hydrogens (tertiary/aromatic N) is 1. The SMILES string of the molecule is CC(=O)N1C[C@@H]2[C@H]1c1ccccc1N[C@H]2c1ccccc1. The lowest BCUT2D eigenvalue weighted by Crippen LogP contribution is -2.57. The number of anilines is 1. The Balaban J connectivity index is 1.77. The van der Waals surface area contributed by atoms with E-state index in [2.05, 4.69) is 47.8 Å². The largest absolute Gasteiger partial charge is 0.378 e. The van der Waals surface area contributed by atoms with Crippen molar-refractivity contribution in [2.24, 2.45) is 5.92 Å². The van der Waals surface area contributed by atoms with Crippen molar-refractivity contribution >= 4 is 11.6 Å². The first kappa shape index (κ1) is 12.5. The van der Waals surface area contributed by atoms with Crippen LogP contribution in [-0.4, -0.2) is 17.4 Å². The Bertz CT molecular complexity index is 683. The van der Waals surface area contributed by atoms with Gasteiger partial charge in [0.2, 0.25) is 5.91 Å². The maximum atomic E-state index is 11.8. The fourth-order valence-corrected chi connectivity index (χ4v) is 3.70. The van der Waals surface area contributed by atoms with Crippen LogP contribution in [0.1, 0.15) is 30.1 Å². The number of carbonyl (C=O) groups excluding carboxylic acids is 1. The molecule has 0 aromatic heterocycles. The van der Waals surface area contributed by atoms with Crippen LogP contribution < -0.4 is 5.32 Å². The minimum absolute atomic E-state index is 0.166. The predicted octanol–water partition coefficient (Wildman–Crippen LogP) is 3.37. The molecule has 3 nitrogen and oxygen atoms in total. The van der Waals surface area contributed by atoms with Gasteiger partial charge in [0.05, 0.1) is 12.1 Å². The summed E-state index contributed by atoms with van der Waals surface area (Å²) < 4.78 is 0. The van der Waals surface area contributed by atoms with Gasteiger partial charge in [0.25, 0.3) is 0 Å². The molecule has 0 spiro atoms. The number of rotatable bonds is 1. The molecule has 0 aliphatic carbocycles. The average Bonchev–Trinajstić information content (AvgIpc) is 2.47. The minimum atomic E-state index is 0.166. The molecule has 1 saturated heterocycles. The standard InChI is InChI=1S/C18H18N2O/c1-12(21)20-11-15-17(13-7-3-2-4-8-13)19-16-10-6-5-9-14(16)18(15)20/h2-10,15,17-19H,11H2,1H3/t15-,17-,18+/m0/s1. The molecular weight excluding hydrogens is 260 g/mol. The van der Waals surface area contributed by atoms with Crippen LogP contribution in [-0.2, 0) is 4.79 Å². The molecule has 3 heteroatoms. The van der Waals surface area contributed by atoms with E-state index in [1.165, 1.54) is 11.1 Å². The molecule has 106 valence electrons. The first-order valence-corrected chi connectivity index (χ1v) is 7.43. The monoisotopic (exact) mass is 278 g/mol. The first-order chi connectivity index (χ1) is 10.3. The van der Waals surface area contributed by atoms with Crippen molar-refractivity contribution in [2.75, 3.05) is 11.9 Å². The third kappa shape index (κ3) is 1.84. The lowest BCUT2D eigenvalue weighted by molar-refractivity contribution is -0.143. The molecule has 21 heavy (non-hydrogen) atoms. The van der Waals surface area contributed by atoms with E-state index in [9.17, 15) is 4.79 Å². The van der Waals surface area contributed by atoms with Crippen molar-refractivity contribution < 1.29 is 4.79 Å². The molecule has 0 unspecified atom stereocenters. The summed E-state index contributed by atoms with van der Waals surface area (Å²) in [6, 6.07) is 19.4. The van der Waals surface area contributed by atoms with Crippen LogP contribution in [0.25, 0.3) is 0 Å². The van der Waals surface area contributed by atoms with Gasteiger partial charge in [0, 0.05) is 25.1 Å². The van der Waals surface area contributed by atoms with Crippen LogP contribution in [0.15, 0.2) is 54.6 Å². The van der Waals surface area contributed by atoms with E-state index in [0.717, 1.165) is 12.2 Å². The van der Waals surface area contributed by atoms with Gasteiger partial charge in [-0.05, 0) is 17.2 Å². The third-order valence-electron chi connectivity index (χ3n) is 4.73. The van der Waals surface area contributed by atoms with E-state index >= 15 is 0 Å². The zero-order chi connectivity index (χ0) is 14.4. The molecule has 4 rings (SSSR count). The van der Waals surface area contributed by atoms with E-state index in [-0.39, 0.29) is 18.0 Å². The number of nitrogens with one attached hydrogen (secondary N) is 1. The molecule has 2 aromatic carbocycles. The zero-order valence-electron chi connectivity index (χ0n) is 12.0. The Kier molecular flexibility index (Phi) is 2.74. The summed E-state index contributed by atoms with van der Waals surface area (Å²) in [6.07, 6.45) is 0. The second kappa shape index (κ2) is 4.62. The lowest BCUT2D eigenvalue weighted by Gasteiger charge is -2.54. The molecule has 1 N–H and O–H groups in total. The van der Waals surface area contributed by atoms with E-state index in [0.29, 0.717) is 5.92 Å². The molecule has 0 bridgehead atoms. The minimum Gasteiger partial charge on any atom is -0.378 e. The smallest absolute Gasteiger partial charge is 0.219 e. The highest BCUT2D eigenvalue weighted by atomic mass is 16.2. The van der Waals surface area contributed by atoms with Gasteiger partial charge in [0.1, 0.15) is 0 Å². The maximum absolute atomic E-state index is 11.8. The molecule has 1 fully saturated rings. The Morgan fingerprint density at radius 3 is 2.57 bits per heavy atom. The first-order valence-electron chi connectivity index (χ1n) is 7.43. The Hall–Kier alpha value is -2.29. The van der Waals surface area contributed by atoms with Crippen LogP contribution in [0.2, 0.25) is 0 Å². The van der Waals surface area contributed by atoms with Crippen molar-refractivity contribution in [1.82, 2.24) is 4.90 Å². The van der Waals surface area contributed by atoms with Gasteiger partial charge in [-0.2, -0.15) is 0 Å². The molecule has 3 atom stereocenters. The Morgan fingerprint density at radius 2 is 1.81 bits per heavy atom. The second-order valence-electron chi connectivity index (χ2n) is 5.90. The number of amides is 1. The van der Waals surface area contributed by atoms with Crippen LogP contribution in [0.5, 0.6) is 0 Å². The van der Waals surface area contributed by atoms with Crippen molar-refractivity contribution in [3.05, 3.63) is 65.7 Å². The number of hydrogen-bond donors (Lipinski definition) is 1. The molecule has 2 aliphatic rings. The summed E-state index contributed by atoms with van der Waals surface area (Å²) in [6.45, 7) is 2.50. The third-order valence-corrected chi connectivity index (χ3v) is 4.73. The number of likely N-dealkylation sites (tertiary alicyclic amines) is 1. The van der Waals surface area contributed by atoms with E-state index < -0.39 is 0 Å². The quantitative estimate of drug-likeness (QED) is 0.867. The zero-order valence-corrected chi connectivity index (χ0v) is 12.0. The van der Waals surface area contributed by atoms with Crippen molar-refractivity contribution in [3.8, 4) is 0 Å². The van der Waals surface area contributed by atoms with Gasteiger partial charge in [0.15, 0.2) is 0 Å². The predicted molar refractivity (Wildman–Crippen MR) is 82.9 cm³/mol. The van der Waals surface area contributed by atoms with Crippen molar-refractivity contribution in [2.45, 2.75) is 19.0 Å². The Morgan fingerprint density at radius 1 is 1.10 bits per heavy atom. The highest BCUT2D eigenvalue weighted by Crippen LogP contribution is 2.52. The summed E-state index contributed by atoms with van der Waals surface area (Å²) in [4.78, 5) is 13.8. The number of hydrogen-bond acceptors (Lipinski definition) is 2. The highest BCUT2D eigenvalue weighted by Gasteiger charge is 2.49. The van der Waals surface area contributed by atoms with E-state index in [4.69, 9.17) is 0 Å². The molecule has 0 radical (unpaired) electrons. The molecule has 2 heterocycles. The van der Waals surface area contributed by atoms with Crippen LogP contribution >= 0.6 is 0 Å². The number of benzene rings is 2. The average molecular weight is 278 g/mol.